The number of aromatic nitrogens is 2. The number of likely N-dealkylation sites (tertiary alicyclic amines) is 1. The molecule has 0 saturated carbocycles. The second-order valence-electron chi connectivity index (χ2n) is 3.54. The van der Waals surface area contributed by atoms with Crippen LogP contribution in [0.15, 0.2) is 4.52 Å². The Hall–Kier alpha value is -0.940. The zero-order valence-corrected chi connectivity index (χ0v) is 8.44. The van der Waals surface area contributed by atoms with Crippen molar-refractivity contribution in [2.45, 2.75) is 32.4 Å². The number of rotatable bonds is 3. The van der Waals surface area contributed by atoms with Gasteiger partial charge in [-0.1, -0.05) is 12.1 Å². The highest BCUT2D eigenvalue weighted by molar-refractivity contribution is 4.96. The summed E-state index contributed by atoms with van der Waals surface area (Å²) in [6.45, 7) is 4.66. The van der Waals surface area contributed by atoms with E-state index in [0.29, 0.717) is 18.4 Å². The zero-order valence-electron chi connectivity index (χ0n) is 8.44. The van der Waals surface area contributed by atoms with E-state index in [4.69, 9.17) is 10.3 Å². The third-order valence-corrected chi connectivity index (χ3v) is 2.72. The summed E-state index contributed by atoms with van der Waals surface area (Å²) in [4.78, 5) is 6.62. The van der Waals surface area contributed by atoms with Crippen molar-refractivity contribution in [1.82, 2.24) is 15.0 Å². The van der Waals surface area contributed by atoms with Crippen LogP contribution >= 0.6 is 0 Å². The fourth-order valence-corrected chi connectivity index (χ4v) is 1.97. The Labute approximate surface area is 83.3 Å². The lowest BCUT2D eigenvalue weighted by Crippen LogP contribution is -2.22. The van der Waals surface area contributed by atoms with Gasteiger partial charge in [-0.3, -0.25) is 4.90 Å². The van der Waals surface area contributed by atoms with Crippen molar-refractivity contribution in [2.24, 2.45) is 5.73 Å². The Bertz CT molecular complexity index is 299. The van der Waals surface area contributed by atoms with Crippen molar-refractivity contribution in [3.8, 4) is 0 Å². The Kier molecular flexibility index (Phi) is 2.79. The highest BCUT2D eigenvalue weighted by Gasteiger charge is 2.29. The molecule has 1 atom stereocenters. The number of hydrogen-bond donors (Lipinski definition) is 1. The molecule has 78 valence electrons. The molecule has 5 heteroatoms. The zero-order chi connectivity index (χ0) is 9.97. The number of nitrogens with zero attached hydrogens (tertiary/aromatic N) is 3. The molecule has 5 nitrogen and oxygen atoms in total. The van der Waals surface area contributed by atoms with E-state index in [1.54, 1.807) is 0 Å². The molecule has 2 rings (SSSR count). The summed E-state index contributed by atoms with van der Waals surface area (Å²) < 4.78 is 5.19. The maximum Gasteiger partial charge on any atom is 0.244 e. The molecule has 14 heavy (non-hydrogen) atoms. The SMILES string of the molecule is CCN1CCCC1c1nc(CN)no1. The summed E-state index contributed by atoms with van der Waals surface area (Å²) in [5, 5.41) is 3.81. The van der Waals surface area contributed by atoms with E-state index in [9.17, 15) is 0 Å². The molecule has 1 aromatic rings. The maximum absolute atomic E-state index is 5.43. The monoisotopic (exact) mass is 196 g/mol. The first-order valence-corrected chi connectivity index (χ1v) is 5.11. The predicted octanol–water partition coefficient (Wildman–Crippen LogP) is 0.685. The summed E-state index contributed by atoms with van der Waals surface area (Å²) in [6.07, 6.45) is 2.32. The first-order valence-electron chi connectivity index (χ1n) is 5.11. The van der Waals surface area contributed by atoms with Crippen LogP contribution < -0.4 is 5.73 Å². The minimum absolute atomic E-state index is 0.313. The maximum atomic E-state index is 5.43. The molecule has 2 N–H and O–H groups in total. The first kappa shape index (κ1) is 9.61. The molecule has 1 aromatic heterocycles. The summed E-state index contributed by atoms with van der Waals surface area (Å²) in [7, 11) is 0. The molecule has 0 aliphatic carbocycles. The van der Waals surface area contributed by atoms with Crippen molar-refractivity contribution >= 4 is 0 Å². The Morgan fingerprint density at radius 3 is 3.14 bits per heavy atom. The summed E-state index contributed by atoms with van der Waals surface area (Å²) in [6, 6.07) is 0.313. The standard InChI is InChI=1S/C9H16N4O/c1-2-13-5-3-4-7(13)9-11-8(6-10)12-14-9/h7H,2-6,10H2,1H3. The van der Waals surface area contributed by atoms with Gasteiger partial charge < -0.3 is 10.3 Å². The average Bonchev–Trinajstić information content (AvgIpc) is 2.85. The molecule has 1 aliphatic rings. The topological polar surface area (TPSA) is 68.2 Å². The van der Waals surface area contributed by atoms with Gasteiger partial charge in [0.2, 0.25) is 5.89 Å². The summed E-state index contributed by atoms with van der Waals surface area (Å²) in [5.74, 6) is 1.33. The lowest BCUT2D eigenvalue weighted by atomic mass is 10.2. The lowest BCUT2D eigenvalue weighted by Gasteiger charge is -2.18. The van der Waals surface area contributed by atoms with Crippen LogP contribution in [0, 0.1) is 0 Å². The third-order valence-electron chi connectivity index (χ3n) is 2.72. The van der Waals surface area contributed by atoms with Gasteiger partial charge in [0.05, 0.1) is 12.6 Å². The molecule has 1 aliphatic heterocycles. The van der Waals surface area contributed by atoms with E-state index in [1.807, 2.05) is 0 Å². The van der Waals surface area contributed by atoms with E-state index in [2.05, 4.69) is 22.0 Å². The van der Waals surface area contributed by atoms with Gasteiger partial charge >= 0.3 is 0 Å². The van der Waals surface area contributed by atoms with E-state index >= 15 is 0 Å². The van der Waals surface area contributed by atoms with Crippen molar-refractivity contribution < 1.29 is 4.52 Å². The van der Waals surface area contributed by atoms with Gasteiger partial charge in [0.1, 0.15) is 0 Å². The fourth-order valence-electron chi connectivity index (χ4n) is 1.97. The van der Waals surface area contributed by atoms with Gasteiger partial charge in [-0.15, -0.1) is 0 Å². The van der Waals surface area contributed by atoms with E-state index in [1.165, 1.54) is 6.42 Å². The largest absolute Gasteiger partial charge is 0.338 e. The average molecular weight is 196 g/mol. The number of nitrogens with two attached hydrogens (primary N) is 1. The van der Waals surface area contributed by atoms with Gasteiger partial charge in [-0.05, 0) is 25.9 Å². The van der Waals surface area contributed by atoms with Crippen LogP contribution in [0.4, 0.5) is 0 Å². The highest BCUT2D eigenvalue weighted by atomic mass is 16.5. The molecular formula is C9H16N4O. The molecule has 1 saturated heterocycles. The molecule has 2 heterocycles. The second kappa shape index (κ2) is 4.06. The number of hydrogen-bond acceptors (Lipinski definition) is 5. The quantitative estimate of drug-likeness (QED) is 0.770. The normalized spacial score (nSPS) is 23.1. The predicted molar refractivity (Wildman–Crippen MR) is 51.4 cm³/mol. The van der Waals surface area contributed by atoms with E-state index in [0.717, 1.165) is 25.4 Å². The fraction of sp³-hybridized carbons (Fsp3) is 0.778. The van der Waals surface area contributed by atoms with Crippen LogP contribution in [0.25, 0.3) is 0 Å². The van der Waals surface area contributed by atoms with Crippen LogP contribution in [-0.4, -0.2) is 28.1 Å². The summed E-state index contributed by atoms with van der Waals surface area (Å²) in [5.41, 5.74) is 5.43. The van der Waals surface area contributed by atoms with Crippen LogP contribution in [0.2, 0.25) is 0 Å². The van der Waals surface area contributed by atoms with E-state index in [-0.39, 0.29) is 0 Å². The van der Waals surface area contributed by atoms with Gasteiger partial charge in [0, 0.05) is 0 Å². The van der Waals surface area contributed by atoms with Gasteiger partial charge in [-0.25, -0.2) is 0 Å². The Morgan fingerprint density at radius 1 is 1.64 bits per heavy atom. The molecule has 0 amide bonds. The first-order chi connectivity index (χ1) is 6.85. The molecule has 1 fully saturated rings. The molecule has 0 bridgehead atoms. The molecule has 0 aromatic carbocycles. The highest BCUT2D eigenvalue weighted by Crippen LogP contribution is 2.29. The van der Waals surface area contributed by atoms with Crippen LogP contribution in [0.3, 0.4) is 0 Å². The molecule has 0 radical (unpaired) electrons. The van der Waals surface area contributed by atoms with Crippen molar-refractivity contribution in [1.29, 1.82) is 0 Å². The molecule has 0 spiro atoms. The van der Waals surface area contributed by atoms with Gasteiger partial charge in [0.15, 0.2) is 5.82 Å². The lowest BCUT2D eigenvalue weighted by molar-refractivity contribution is 0.217. The van der Waals surface area contributed by atoms with Crippen molar-refractivity contribution in [2.75, 3.05) is 13.1 Å². The van der Waals surface area contributed by atoms with Crippen LogP contribution in [0.1, 0.15) is 37.5 Å². The summed E-state index contributed by atoms with van der Waals surface area (Å²) >= 11 is 0. The smallest absolute Gasteiger partial charge is 0.244 e. The Balaban J connectivity index is 2.13. The van der Waals surface area contributed by atoms with Crippen LogP contribution in [0.5, 0.6) is 0 Å². The molecule has 1 unspecified atom stereocenters. The second-order valence-corrected chi connectivity index (χ2v) is 3.54. The minimum Gasteiger partial charge on any atom is -0.338 e. The van der Waals surface area contributed by atoms with Crippen molar-refractivity contribution in [3.05, 3.63) is 11.7 Å². The van der Waals surface area contributed by atoms with Gasteiger partial charge in [0.25, 0.3) is 0 Å². The third kappa shape index (κ3) is 1.65. The van der Waals surface area contributed by atoms with Crippen LogP contribution in [-0.2, 0) is 6.54 Å². The van der Waals surface area contributed by atoms with Crippen molar-refractivity contribution in [3.63, 3.8) is 0 Å². The Morgan fingerprint density at radius 2 is 2.50 bits per heavy atom. The van der Waals surface area contributed by atoms with Gasteiger partial charge in [-0.2, -0.15) is 4.98 Å². The minimum atomic E-state index is 0.313. The van der Waals surface area contributed by atoms with E-state index < -0.39 is 0 Å². The molecular weight excluding hydrogens is 180 g/mol.